The van der Waals surface area contributed by atoms with Crippen molar-refractivity contribution in [1.82, 2.24) is 5.32 Å². The van der Waals surface area contributed by atoms with Crippen LogP contribution < -0.4 is 16.0 Å². The monoisotopic (exact) mass is 279 g/mol. The quantitative estimate of drug-likeness (QED) is 0.686. The molecule has 1 aromatic carbocycles. The second kappa shape index (κ2) is 6.58. The third kappa shape index (κ3) is 3.20. The Morgan fingerprint density at radius 1 is 1.60 bits per heavy atom. The van der Waals surface area contributed by atoms with E-state index in [0.29, 0.717) is 37.5 Å². The Morgan fingerprint density at radius 2 is 2.40 bits per heavy atom. The van der Waals surface area contributed by atoms with Crippen molar-refractivity contribution >= 4 is 17.3 Å². The minimum absolute atomic E-state index is 0.0324. The second-order valence-electron chi connectivity index (χ2n) is 4.76. The Hall–Kier alpha value is -1.79. The molecule has 110 valence electrons. The fourth-order valence-corrected chi connectivity index (χ4v) is 2.31. The third-order valence-electron chi connectivity index (χ3n) is 3.29. The molecule has 6 heteroatoms. The third-order valence-corrected chi connectivity index (χ3v) is 3.29. The molecule has 2 rings (SSSR count). The lowest BCUT2D eigenvalue weighted by atomic mass is 10.1. The highest BCUT2D eigenvalue weighted by Gasteiger charge is 2.23. The summed E-state index contributed by atoms with van der Waals surface area (Å²) in [6.07, 6.45) is -0.229. The zero-order valence-corrected chi connectivity index (χ0v) is 11.6. The topological polar surface area (TPSA) is 87.8 Å². The van der Waals surface area contributed by atoms with Gasteiger partial charge in [-0.2, -0.15) is 0 Å². The molecule has 20 heavy (non-hydrogen) atoms. The van der Waals surface area contributed by atoms with Gasteiger partial charge in [-0.25, -0.2) is 0 Å². The summed E-state index contributed by atoms with van der Waals surface area (Å²) in [5.41, 5.74) is 7.83. The first kappa shape index (κ1) is 14.6. The summed E-state index contributed by atoms with van der Waals surface area (Å²) in [5, 5.41) is 12.0. The summed E-state index contributed by atoms with van der Waals surface area (Å²) in [5.74, 6) is -0.116. The van der Waals surface area contributed by atoms with Gasteiger partial charge in [0.15, 0.2) is 0 Å². The molecule has 1 aliphatic heterocycles. The minimum Gasteiger partial charge on any atom is -0.399 e. The van der Waals surface area contributed by atoms with Crippen molar-refractivity contribution < 1.29 is 14.6 Å². The summed E-state index contributed by atoms with van der Waals surface area (Å²) in [6.45, 7) is 4.17. The smallest absolute Gasteiger partial charge is 0.253 e. The maximum atomic E-state index is 12.1. The number of aliphatic hydroxyl groups is 1. The number of hydrogen-bond acceptors (Lipinski definition) is 5. The van der Waals surface area contributed by atoms with Gasteiger partial charge in [0.2, 0.25) is 0 Å². The van der Waals surface area contributed by atoms with E-state index in [2.05, 4.69) is 5.32 Å². The summed E-state index contributed by atoms with van der Waals surface area (Å²) < 4.78 is 5.43. The Labute approximate surface area is 118 Å². The predicted octanol–water partition coefficient (Wildman–Crippen LogP) is 0.216. The van der Waals surface area contributed by atoms with Crippen LogP contribution in [0.5, 0.6) is 0 Å². The molecule has 1 fully saturated rings. The van der Waals surface area contributed by atoms with Crippen LogP contribution in [-0.2, 0) is 4.74 Å². The molecule has 0 spiro atoms. The molecule has 0 saturated carbocycles. The van der Waals surface area contributed by atoms with Crippen LogP contribution in [0.2, 0.25) is 0 Å². The predicted molar refractivity (Wildman–Crippen MR) is 77.9 cm³/mol. The number of nitrogen functional groups attached to an aromatic ring is 1. The van der Waals surface area contributed by atoms with Crippen LogP contribution in [0.4, 0.5) is 11.4 Å². The summed E-state index contributed by atoms with van der Waals surface area (Å²) in [7, 11) is 0. The number of amides is 1. The second-order valence-corrected chi connectivity index (χ2v) is 4.76. The molecule has 1 aliphatic rings. The van der Waals surface area contributed by atoms with E-state index < -0.39 is 0 Å². The highest BCUT2D eigenvalue weighted by Crippen LogP contribution is 2.25. The van der Waals surface area contributed by atoms with Crippen LogP contribution >= 0.6 is 0 Å². The Balaban J connectivity index is 2.28. The maximum absolute atomic E-state index is 12.1. The SMILES string of the molecule is CCNC(=O)c1ccc(N)cc1N1CCOC(CO)C1. The van der Waals surface area contributed by atoms with Crippen molar-refractivity contribution in [1.29, 1.82) is 0 Å². The maximum Gasteiger partial charge on any atom is 0.253 e. The molecule has 0 bridgehead atoms. The fourth-order valence-electron chi connectivity index (χ4n) is 2.31. The standard InChI is InChI=1S/C14H21N3O3/c1-2-16-14(19)12-4-3-10(15)7-13(12)17-5-6-20-11(8-17)9-18/h3-4,7,11,18H,2,5-6,8-9,15H2,1H3,(H,16,19). The number of hydrogen-bond donors (Lipinski definition) is 3. The summed E-state index contributed by atoms with van der Waals surface area (Å²) >= 11 is 0. The zero-order chi connectivity index (χ0) is 14.5. The van der Waals surface area contributed by atoms with E-state index >= 15 is 0 Å². The molecule has 6 nitrogen and oxygen atoms in total. The van der Waals surface area contributed by atoms with Gasteiger partial charge in [-0.3, -0.25) is 4.79 Å². The van der Waals surface area contributed by atoms with Crippen molar-refractivity contribution in [2.24, 2.45) is 0 Å². The van der Waals surface area contributed by atoms with Crippen LogP contribution in [0.3, 0.4) is 0 Å². The number of nitrogens with one attached hydrogen (secondary N) is 1. The van der Waals surface area contributed by atoms with E-state index in [1.54, 1.807) is 18.2 Å². The van der Waals surface area contributed by atoms with E-state index in [1.807, 2.05) is 11.8 Å². The average Bonchev–Trinajstić information content (AvgIpc) is 2.47. The van der Waals surface area contributed by atoms with Crippen LogP contribution in [0, 0.1) is 0 Å². The number of benzene rings is 1. The van der Waals surface area contributed by atoms with E-state index in [1.165, 1.54) is 0 Å². The van der Waals surface area contributed by atoms with Gasteiger partial charge in [-0.05, 0) is 25.1 Å². The summed E-state index contributed by atoms with van der Waals surface area (Å²) in [4.78, 5) is 14.1. The van der Waals surface area contributed by atoms with Gasteiger partial charge in [-0.1, -0.05) is 0 Å². The number of carbonyl (C=O) groups excluding carboxylic acids is 1. The van der Waals surface area contributed by atoms with Crippen molar-refractivity contribution in [3.05, 3.63) is 23.8 Å². The molecule has 0 aliphatic carbocycles. The first-order chi connectivity index (χ1) is 9.65. The van der Waals surface area contributed by atoms with Gasteiger partial charge < -0.3 is 25.8 Å². The number of aliphatic hydroxyl groups excluding tert-OH is 1. The number of rotatable bonds is 4. The average molecular weight is 279 g/mol. The first-order valence-electron chi connectivity index (χ1n) is 6.80. The van der Waals surface area contributed by atoms with Gasteiger partial charge in [0.1, 0.15) is 0 Å². The van der Waals surface area contributed by atoms with Crippen molar-refractivity contribution in [3.8, 4) is 0 Å². The van der Waals surface area contributed by atoms with Crippen molar-refractivity contribution in [2.75, 3.05) is 43.5 Å². The number of morpholine rings is 1. The lowest BCUT2D eigenvalue weighted by molar-refractivity contribution is 0.00353. The highest BCUT2D eigenvalue weighted by molar-refractivity contribution is 6.00. The first-order valence-corrected chi connectivity index (χ1v) is 6.80. The van der Waals surface area contributed by atoms with Gasteiger partial charge in [0.05, 0.1) is 30.6 Å². The van der Waals surface area contributed by atoms with Crippen LogP contribution in [-0.4, -0.2) is 50.0 Å². The van der Waals surface area contributed by atoms with Gasteiger partial charge in [-0.15, -0.1) is 0 Å². The summed E-state index contributed by atoms with van der Waals surface area (Å²) in [6, 6.07) is 5.25. The Kier molecular flexibility index (Phi) is 4.81. The highest BCUT2D eigenvalue weighted by atomic mass is 16.5. The molecule has 1 aromatic rings. The van der Waals surface area contributed by atoms with Crippen LogP contribution in [0.15, 0.2) is 18.2 Å². The number of ether oxygens (including phenoxy) is 1. The van der Waals surface area contributed by atoms with Crippen LogP contribution in [0.1, 0.15) is 17.3 Å². The molecule has 0 aromatic heterocycles. The van der Waals surface area contributed by atoms with E-state index in [9.17, 15) is 9.90 Å². The Morgan fingerprint density at radius 3 is 3.10 bits per heavy atom. The van der Waals surface area contributed by atoms with Crippen molar-refractivity contribution in [2.45, 2.75) is 13.0 Å². The molecular formula is C14H21N3O3. The normalized spacial score (nSPS) is 18.9. The fraction of sp³-hybridized carbons (Fsp3) is 0.500. The lowest BCUT2D eigenvalue weighted by Gasteiger charge is -2.34. The molecule has 1 amide bonds. The van der Waals surface area contributed by atoms with E-state index in [-0.39, 0.29) is 18.6 Å². The lowest BCUT2D eigenvalue weighted by Crippen LogP contribution is -2.45. The zero-order valence-electron chi connectivity index (χ0n) is 11.6. The van der Waals surface area contributed by atoms with Crippen LogP contribution in [0.25, 0.3) is 0 Å². The minimum atomic E-state index is -0.229. The molecule has 0 radical (unpaired) electrons. The van der Waals surface area contributed by atoms with Gasteiger partial charge in [0.25, 0.3) is 5.91 Å². The van der Waals surface area contributed by atoms with Gasteiger partial charge >= 0.3 is 0 Å². The molecule has 1 unspecified atom stereocenters. The number of nitrogens with two attached hydrogens (primary N) is 1. The number of anilines is 2. The van der Waals surface area contributed by atoms with Gasteiger partial charge in [0, 0.05) is 25.3 Å². The molecular weight excluding hydrogens is 258 g/mol. The van der Waals surface area contributed by atoms with E-state index in [4.69, 9.17) is 10.5 Å². The molecule has 1 heterocycles. The molecule has 1 atom stereocenters. The van der Waals surface area contributed by atoms with Crippen molar-refractivity contribution in [3.63, 3.8) is 0 Å². The number of carbonyl (C=O) groups is 1. The largest absolute Gasteiger partial charge is 0.399 e. The molecule has 4 N–H and O–H groups in total. The Bertz CT molecular complexity index is 479. The molecule has 1 saturated heterocycles. The number of nitrogens with zero attached hydrogens (tertiary/aromatic N) is 1. The van der Waals surface area contributed by atoms with E-state index in [0.717, 1.165) is 5.69 Å².